The molecule has 0 aromatic rings. The molecule has 1 heterocycles. The second-order valence-electron chi connectivity index (χ2n) is 6.63. The van der Waals surface area contributed by atoms with Gasteiger partial charge in [0.1, 0.15) is 0 Å². The average molecular weight is 234 g/mol. The molecule has 1 aliphatic heterocycles. The Morgan fingerprint density at radius 1 is 1.24 bits per heavy atom. The zero-order valence-corrected chi connectivity index (χ0v) is 12.1. The van der Waals surface area contributed by atoms with Crippen LogP contribution in [0.5, 0.6) is 0 Å². The molecule has 1 nitrogen and oxygen atoms in total. The molecule has 1 saturated heterocycles. The normalized spacial score (nSPS) is 41.1. The molecule has 3 unspecified atom stereocenters. The highest BCUT2D eigenvalue weighted by Gasteiger charge is 2.52. The molecule has 2 aliphatic rings. The first-order valence-corrected chi connectivity index (χ1v) is 6.77. The van der Waals surface area contributed by atoms with Crippen molar-refractivity contribution in [1.82, 2.24) is 0 Å². The number of hydrogen-bond acceptors (Lipinski definition) is 1. The van der Waals surface area contributed by atoms with Crippen LogP contribution in [0.3, 0.4) is 0 Å². The third-order valence-corrected chi connectivity index (χ3v) is 5.22. The van der Waals surface area contributed by atoms with E-state index in [4.69, 9.17) is 4.74 Å². The average Bonchev–Trinajstić information content (AvgIpc) is 2.21. The van der Waals surface area contributed by atoms with E-state index in [1.54, 1.807) is 11.1 Å². The lowest BCUT2D eigenvalue weighted by molar-refractivity contribution is -0.188. The minimum Gasteiger partial charge on any atom is -0.367 e. The molecule has 0 saturated carbocycles. The Labute approximate surface area is 106 Å². The van der Waals surface area contributed by atoms with E-state index in [9.17, 15) is 0 Å². The van der Waals surface area contributed by atoms with E-state index >= 15 is 0 Å². The molecule has 1 aliphatic carbocycles. The minimum atomic E-state index is -0.0321. The van der Waals surface area contributed by atoms with Crippen LogP contribution in [0, 0.1) is 11.3 Å². The predicted octanol–water partition coefficient (Wildman–Crippen LogP) is 4.49. The van der Waals surface area contributed by atoms with Crippen molar-refractivity contribution in [3.05, 3.63) is 23.3 Å². The van der Waals surface area contributed by atoms with Crippen molar-refractivity contribution in [2.45, 2.75) is 66.1 Å². The van der Waals surface area contributed by atoms with E-state index in [0.717, 1.165) is 0 Å². The lowest BCUT2D eigenvalue weighted by atomic mass is 9.58. The van der Waals surface area contributed by atoms with E-state index in [-0.39, 0.29) is 11.7 Å². The first-order valence-electron chi connectivity index (χ1n) is 6.77. The predicted molar refractivity (Wildman–Crippen MR) is 73.0 cm³/mol. The maximum atomic E-state index is 6.38. The van der Waals surface area contributed by atoms with Crippen LogP contribution >= 0.6 is 0 Å². The fraction of sp³-hybridized carbons (Fsp3) is 0.750. The summed E-state index contributed by atoms with van der Waals surface area (Å²) in [5.41, 5.74) is 3.39. The van der Waals surface area contributed by atoms with Crippen LogP contribution in [0.25, 0.3) is 0 Å². The summed E-state index contributed by atoms with van der Waals surface area (Å²) in [6, 6.07) is 0. The largest absolute Gasteiger partial charge is 0.367 e. The molecule has 2 bridgehead atoms. The summed E-state index contributed by atoms with van der Waals surface area (Å²) in [6.07, 6.45) is 7.07. The molecule has 0 aromatic carbocycles. The molecule has 1 fully saturated rings. The molecule has 0 N–H and O–H groups in total. The Morgan fingerprint density at radius 3 is 2.47 bits per heavy atom. The standard InChI is InChI=1S/C16H26O/c1-7-8-14-13-10-16(6,15(4,5)17-14)9-11(2)12(13)3/h7-8,13-14H,9-10H2,1-6H3/b8-7+. The second-order valence-corrected chi connectivity index (χ2v) is 6.63. The zero-order chi connectivity index (χ0) is 12.8. The molecule has 0 amide bonds. The number of rotatable bonds is 1. The van der Waals surface area contributed by atoms with Gasteiger partial charge < -0.3 is 4.74 Å². The fourth-order valence-electron chi connectivity index (χ4n) is 3.50. The highest BCUT2D eigenvalue weighted by molar-refractivity contribution is 5.26. The maximum Gasteiger partial charge on any atom is 0.0828 e. The molecule has 96 valence electrons. The molecule has 2 rings (SSSR count). The summed E-state index contributed by atoms with van der Waals surface area (Å²) in [7, 11) is 0. The number of allylic oxidation sites excluding steroid dienone is 2. The topological polar surface area (TPSA) is 9.23 Å². The third-order valence-electron chi connectivity index (χ3n) is 5.22. The van der Waals surface area contributed by atoms with Crippen molar-refractivity contribution >= 4 is 0 Å². The minimum absolute atomic E-state index is 0.0321. The second kappa shape index (κ2) is 3.98. The van der Waals surface area contributed by atoms with E-state index in [0.29, 0.717) is 11.3 Å². The van der Waals surface area contributed by atoms with E-state index in [1.165, 1.54) is 12.8 Å². The monoisotopic (exact) mass is 234 g/mol. The van der Waals surface area contributed by atoms with Crippen LogP contribution in [0.15, 0.2) is 23.3 Å². The van der Waals surface area contributed by atoms with Gasteiger partial charge in [0.05, 0.1) is 11.7 Å². The summed E-state index contributed by atoms with van der Waals surface area (Å²) >= 11 is 0. The van der Waals surface area contributed by atoms with Gasteiger partial charge in [-0.2, -0.15) is 0 Å². The summed E-state index contributed by atoms with van der Waals surface area (Å²) in [5.74, 6) is 0.581. The van der Waals surface area contributed by atoms with Crippen molar-refractivity contribution in [2.24, 2.45) is 11.3 Å². The SMILES string of the molecule is C/C=C/C1OC(C)(C)C2(C)CC(C)=C(C)C1C2. The molecule has 17 heavy (non-hydrogen) atoms. The fourth-order valence-corrected chi connectivity index (χ4v) is 3.50. The van der Waals surface area contributed by atoms with Crippen molar-refractivity contribution in [1.29, 1.82) is 0 Å². The summed E-state index contributed by atoms with van der Waals surface area (Å²) in [6.45, 7) is 13.6. The van der Waals surface area contributed by atoms with Gasteiger partial charge in [0.15, 0.2) is 0 Å². The lowest BCUT2D eigenvalue weighted by Crippen LogP contribution is -2.55. The van der Waals surface area contributed by atoms with Gasteiger partial charge in [-0.05, 0) is 47.5 Å². The molecule has 0 aromatic heterocycles. The van der Waals surface area contributed by atoms with Gasteiger partial charge in [0.2, 0.25) is 0 Å². The van der Waals surface area contributed by atoms with Gasteiger partial charge in [-0.25, -0.2) is 0 Å². The van der Waals surface area contributed by atoms with Gasteiger partial charge >= 0.3 is 0 Å². The van der Waals surface area contributed by atoms with Gasteiger partial charge in [0.25, 0.3) is 0 Å². The quantitative estimate of drug-likeness (QED) is 0.607. The molecule has 0 radical (unpaired) electrons. The Morgan fingerprint density at radius 2 is 1.88 bits per heavy atom. The van der Waals surface area contributed by atoms with Crippen LogP contribution in [0.4, 0.5) is 0 Å². The van der Waals surface area contributed by atoms with Crippen LogP contribution in [-0.4, -0.2) is 11.7 Å². The van der Waals surface area contributed by atoms with Crippen molar-refractivity contribution < 1.29 is 4.74 Å². The molecule has 3 atom stereocenters. The molecular formula is C16H26O. The number of ether oxygens (including phenoxy) is 1. The Hall–Kier alpha value is -0.560. The Bertz CT molecular complexity index is 375. The smallest absolute Gasteiger partial charge is 0.0828 e. The molecule has 1 heteroatoms. The zero-order valence-electron chi connectivity index (χ0n) is 12.1. The van der Waals surface area contributed by atoms with Crippen molar-refractivity contribution in [2.75, 3.05) is 0 Å². The van der Waals surface area contributed by atoms with Crippen LogP contribution < -0.4 is 0 Å². The van der Waals surface area contributed by atoms with Gasteiger partial charge in [0, 0.05) is 11.3 Å². The highest BCUT2D eigenvalue weighted by atomic mass is 16.5. The lowest BCUT2D eigenvalue weighted by Gasteiger charge is -2.56. The summed E-state index contributed by atoms with van der Waals surface area (Å²) in [5, 5.41) is 0. The van der Waals surface area contributed by atoms with E-state index < -0.39 is 0 Å². The Kier molecular flexibility index (Phi) is 3.02. The first-order chi connectivity index (χ1) is 7.81. The van der Waals surface area contributed by atoms with Crippen LogP contribution in [0.1, 0.15) is 54.4 Å². The maximum absolute atomic E-state index is 6.38. The first kappa shape index (κ1) is 12.9. The van der Waals surface area contributed by atoms with E-state index in [1.807, 2.05) is 0 Å². The highest BCUT2D eigenvalue weighted by Crippen LogP contribution is 2.55. The third kappa shape index (κ3) is 1.89. The van der Waals surface area contributed by atoms with Crippen LogP contribution in [0.2, 0.25) is 0 Å². The molecular weight excluding hydrogens is 208 g/mol. The number of hydrogen-bond donors (Lipinski definition) is 0. The van der Waals surface area contributed by atoms with Crippen molar-refractivity contribution in [3.8, 4) is 0 Å². The Balaban J connectivity index is 2.44. The summed E-state index contributed by atoms with van der Waals surface area (Å²) in [4.78, 5) is 0. The van der Waals surface area contributed by atoms with Gasteiger partial charge in [-0.1, -0.05) is 30.2 Å². The van der Waals surface area contributed by atoms with Gasteiger partial charge in [-0.15, -0.1) is 0 Å². The number of fused-ring (bicyclic) bond motifs is 2. The van der Waals surface area contributed by atoms with Crippen molar-refractivity contribution in [3.63, 3.8) is 0 Å². The molecule has 0 spiro atoms. The van der Waals surface area contributed by atoms with Crippen LogP contribution in [-0.2, 0) is 4.74 Å². The van der Waals surface area contributed by atoms with Gasteiger partial charge in [-0.3, -0.25) is 0 Å². The summed E-state index contributed by atoms with van der Waals surface area (Å²) < 4.78 is 6.38. The van der Waals surface area contributed by atoms with E-state index in [2.05, 4.69) is 53.7 Å².